The predicted molar refractivity (Wildman–Crippen MR) is 119 cm³/mol. The fourth-order valence-corrected chi connectivity index (χ4v) is 2.71. The third kappa shape index (κ3) is 7.65. The first-order chi connectivity index (χ1) is 13.8. The van der Waals surface area contributed by atoms with Gasteiger partial charge in [0.05, 0.1) is 18.3 Å². The molecule has 0 radical (unpaired) electrons. The first kappa shape index (κ1) is 25.4. The summed E-state index contributed by atoms with van der Waals surface area (Å²) in [5.74, 6) is -2.64. The second kappa shape index (κ2) is 12.2. The molecule has 30 heavy (non-hydrogen) atoms. The van der Waals surface area contributed by atoms with Gasteiger partial charge in [-0.05, 0) is 36.8 Å². The van der Waals surface area contributed by atoms with Gasteiger partial charge in [0.2, 0.25) is 17.6 Å². The number of nitrogens with two attached hydrogens (primary N) is 1. The molecule has 5 N–H and O–H groups in total. The molecule has 9 nitrogen and oxygen atoms in total. The zero-order valence-electron chi connectivity index (χ0n) is 15.6. The number of carboxylic acids is 1. The number of carbonyl (C=O) groups excluding carboxylic acids is 3. The summed E-state index contributed by atoms with van der Waals surface area (Å²) in [6, 6.07) is 8.67. The van der Waals surface area contributed by atoms with E-state index in [9.17, 15) is 19.2 Å². The standard InChI is InChI=1S/C19H19BrN4O5.BrH/c20-11-4-6-14(12(9-11)18(28)15-3-1-2-8-22-15)24-16(25)10-23-19(29)13(21)5-7-17(26)27;/h1-4,6,8-9,13H,5,7,10,21H2,(H,23,29)(H,24,25)(H,26,27);1H/t13-;/m0./s1. The van der Waals surface area contributed by atoms with Crippen LogP contribution in [0, 0.1) is 0 Å². The van der Waals surface area contributed by atoms with Gasteiger partial charge in [0.25, 0.3) is 0 Å². The van der Waals surface area contributed by atoms with Gasteiger partial charge in [-0.1, -0.05) is 22.0 Å². The van der Waals surface area contributed by atoms with Crippen LogP contribution in [0.25, 0.3) is 0 Å². The molecule has 1 aromatic heterocycles. The van der Waals surface area contributed by atoms with Gasteiger partial charge in [-0.15, -0.1) is 17.0 Å². The van der Waals surface area contributed by atoms with E-state index in [1.54, 1.807) is 36.4 Å². The minimum Gasteiger partial charge on any atom is -0.481 e. The quantitative estimate of drug-likeness (QED) is 0.352. The normalized spacial score (nSPS) is 11.0. The third-order valence-electron chi connectivity index (χ3n) is 3.83. The summed E-state index contributed by atoms with van der Waals surface area (Å²) in [6.07, 6.45) is 1.20. The molecule has 0 aliphatic heterocycles. The molecule has 1 atom stereocenters. The van der Waals surface area contributed by atoms with Crippen molar-refractivity contribution in [1.29, 1.82) is 0 Å². The lowest BCUT2D eigenvalue weighted by atomic mass is 10.1. The summed E-state index contributed by atoms with van der Waals surface area (Å²) in [6.45, 7) is -0.382. The number of ketones is 1. The fraction of sp³-hybridized carbons (Fsp3) is 0.211. The Balaban J connectivity index is 0.00000450. The number of rotatable bonds is 9. The Morgan fingerprint density at radius 3 is 2.53 bits per heavy atom. The Hall–Kier alpha value is -2.63. The van der Waals surface area contributed by atoms with E-state index in [0.29, 0.717) is 4.47 Å². The smallest absolute Gasteiger partial charge is 0.303 e. The lowest BCUT2D eigenvalue weighted by molar-refractivity contribution is -0.137. The highest BCUT2D eigenvalue weighted by Crippen LogP contribution is 2.23. The van der Waals surface area contributed by atoms with E-state index in [4.69, 9.17) is 10.8 Å². The van der Waals surface area contributed by atoms with Crippen LogP contribution in [0.15, 0.2) is 47.1 Å². The van der Waals surface area contributed by atoms with Gasteiger partial charge in [0, 0.05) is 22.7 Å². The van der Waals surface area contributed by atoms with Crippen molar-refractivity contribution in [2.45, 2.75) is 18.9 Å². The maximum Gasteiger partial charge on any atom is 0.303 e. The minimum atomic E-state index is -1.06. The molecule has 0 aliphatic carbocycles. The van der Waals surface area contributed by atoms with Crippen LogP contribution in [0.5, 0.6) is 0 Å². The topological polar surface area (TPSA) is 151 Å². The molecule has 0 saturated carbocycles. The van der Waals surface area contributed by atoms with Crippen LogP contribution in [-0.4, -0.2) is 46.2 Å². The van der Waals surface area contributed by atoms with Crippen molar-refractivity contribution in [3.63, 3.8) is 0 Å². The number of aromatic nitrogens is 1. The molecule has 11 heteroatoms. The number of hydrogen-bond acceptors (Lipinski definition) is 6. The summed E-state index contributed by atoms with van der Waals surface area (Å²) < 4.78 is 0.646. The third-order valence-corrected chi connectivity index (χ3v) is 4.32. The number of pyridine rings is 1. The van der Waals surface area contributed by atoms with Crippen molar-refractivity contribution in [3.8, 4) is 0 Å². The highest BCUT2D eigenvalue weighted by atomic mass is 79.9. The van der Waals surface area contributed by atoms with Gasteiger partial charge in [0.1, 0.15) is 5.69 Å². The molecular formula is C19H20Br2N4O5. The Morgan fingerprint density at radius 1 is 1.17 bits per heavy atom. The second-order valence-electron chi connectivity index (χ2n) is 6.04. The summed E-state index contributed by atoms with van der Waals surface area (Å²) in [5, 5.41) is 13.5. The molecule has 2 aromatic rings. The number of carbonyl (C=O) groups is 4. The van der Waals surface area contributed by atoms with Gasteiger partial charge in [-0.25, -0.2) is 0 Å². The lowest BCUT2D eigenvalue weighted by Crippen LogP contribution is -2.43. The number of nitrogens with one attached hydrogen (secondary N) is 2. The monoisotopic (exact) mass is 542 g/mol. The molecule has 0 fully saturated rings. The van der Waals surface area contributed by atoms with Gasteiger partial charge >= 0.3 is 5.97 Å². The highest BCUT2D eigenvalue weighted by Gasteiger charge is 2.19. The molecular weight excluding hydrogens is 524 g/mol. The Labute approximate surface area is 191 Å². The molecule has 0 aliphatic rings. The first-order valence-electron chi connectivity index (χ1n) is 8.58. The van der Waals surface area contributed by atoms with Crippen molar-refractivity contribution >= 4 is 62.2 Å². The van der Waals surface area contributed by atoms with Crippen molar-refractivity contribution in [2.75, 3.05) is 11.9 Å². The van der Waals surface area contributed by atoms with E-state index >= 15 is 0 Å². The molecule has 0 spiro atoms. The number of amides is 2. The summed E-state index contributed by atoms with van der Waals surface area (Å²) in [7, 11) is 0. The van der Waals surface area contributed by atoms with Crippen LogP contribution in [0.3, 0.4) is 0 Å². The number of halogens is 2. The molecule has 0 saturated heterocycles. The zero-order valence-corrected chi connectivity index (χ0v) is 18.9. The lowest BCUT2D eigenvalue weighted by Gasteiger charge is -2.13. The maximum atomic E-state index is 12.7. The largest absolute Gasteiger partial charge is 0.481 e. The van der Waals surface area contributed by atoms with Crippen LogP contribution >= 0.6 is 32.9 Å². The Bertz CT molecular complexity index is 924. The van der Waals surface area contributed by atoms with E-state index in [2.05, 4.69) is 31.5 Å². The van der Waals surface area contributed by atoms with Crippen LogP contribution in [0.1, 0.15) is 28.9 Å². The number of hydrogen-bond donors (Lipinski definition) is 4. The van der Waals surface area contributed by atoms with Gasteiger partial charge in [0.15, 0.2) is 0 Å². The number of carboxylic acid groups (broad SMARTS) is 1. The molecule has 1 aromatic carbocycles. The zero-order chi connectivity index (χ0) is 21.4. The van der Waals surface area contributed by atoms with E-state index < -0.39 is 23.8 Å². The van der Waals surface area contributed by atoms with Crippen molar-refractivity contribution in [2.24, 2.45) is 5.73 Å². The predicted octanol–water partition coefficient (Wildman–Crippen LogP) is 1.90. The van der Waals surface area contributed by atoms with Crippen LogP contribution in [0.2, 0.25) is 0 Å². The second-order valence-corrected chi connectivity index (χ2v) is 6.95. The summed E-state index contributed by atoms with van der Waals surface area (Å²) >= 11 is 3.30. The average molecular weight is 544 g/mol. The van der Waals surface area contributed by atoms with Gasteiger partial charge in [-0.3, -0.25) is 24.2 Å². The van der Waals surface area contributed by atoms with Crippen molar-refractivity contribution in [3.05, 3.63) is 58.3 Å². The van der Waals surface area contributed by atoms with Crippen LogP contribution in [-0.2, 0) is 14.4 Å². The number of nitrogens with zero attached hydrogens (tertiary/aromatic N) is 1. The highest BCUT2D eigenvalue weighted by molar-refractivity contribution is 9.10. The molecule has 2 amide bonds. The van der Waals surface area contributed by atoms with Gasteiger partial charge < -0.3 is 21.5 Å². The number of benzene rings is 1. The fourth-order valence-electron chi connectivity index (χ4n) is 2.35. The molecule has 2 rings (SSSR count). The van der Waals surface area contributed by atoms with Crippen LogP contribution in [0.4, 0.5) is 5.69 Å². The molecule has 160 valence electrons. The minimum absolute atomic E-state index is 0. The summed E-state index contributed by atoms with van der Waals surface area (Å²) in [4.78, 5) is 51.3. The first-order valence-corrected chi connectivity index (χ1v) is 9.37. The summed E-state index contributed by atoms with van der Waals surface area (Å²) in [5.41, 5.74) is 6.30. The SMILES string of the molecule is Br.N[C@@H](CCC(=O)O)C(=O)NCC(=O)Nc1ccc(Br)cc1C(=O)c1ccccn1. The molecule has 1 heterocycles. The molecule has 0 unspecified atom stereocenters. The van der Waals surface area contributed by atoms with E-state index in [-0.39, 0.29) is 59.1 Å². The van der Waals surface area contributed by atoms with Crippen LogP contribution < -0.4 is 16.4 Å². The van der Waals surface area contributed by atoms with E-state index in [1.807, 2.05) is 0 Å². The molecule has 0 bridgehead atoms. The van der Waals surface area contributed by atoms with Crippen molar-refractivity contribution in [1.82, 2.24) is 10.3 Å². The maximum absolute atomic E-state index is 12.7. The Morgan fingerprint density at radius 2 is 1.90 bits per heavy atom. The van der Waals surface area contributed by atoms with E-state index in [0.717, 1.165) is 0 Å². The van der Waals surface area contributed by atoms with Gasteiger partial charge in [-0.2, -0.15) is 0 Å². The average Bonchev–Trinajstić information content (AvgIpc) is 2.71. The van der Waals surface area contributed by atoms with Crippen molar-refractivity contribution < 1.29 is 24.3 Å². The number of aliphatic carboxylic acids is 1. The van der Waals surface area contributed by atoms with E-state index in [1.165, 1.54) is 6.20 Å². The Kier molecular flexibility index (Phi) is 10.3. The number of anilines is 1.